The highest BCUT2D eigenvalue weighted by Gasteiger charge is 2.35. The third kappa shape index (κ3) is 5.24. The molecule has 0 spiro atoms. The van der Waals surface area contributed by atoms with Crippen molar-refractivity contribution in [3.63, 3.8) is 0 Å². The Kier molecular flexibility index (Phi) is 7.37. The van der Waals surface area contributed by atoms with Crippen molar-refractivity contribution in [1.29, 1.82) is 0 Å². The molecule has 0 aliphatic carbocycles. The maximum Gasteiger partial charge on any atom is 0.411 e. The van der Waals surface area contributed by atoms with E-state index in [2.05, 4.69) is 28.2 Å². The van der Waals surface area contributed by atoms with Gasteiger partial charge in [-0.3, -0.25) is 10.1 Å². The summed E-state index contributed by atoms with van der Waals surface area (Å²) in [6.45, 7) is 0.621. The number of anilines is 3. The fraction of sp³-hybridized carbons (Fsp3) is 0.207. The predicted octanol–water partition coefficient (Wildman–Crippen LogP) is 5.80. The fourth-order valence-corrected chi connectivity index (χ4v) is 5.27. The first-order chi connectivity index (χ1) is 18.4. The van der Waals surface area contributed by atoms with Gasteiger partial charge in [-0.25, -0.2) is 9.78 Å². The number of rotatable bonds is 6. The Morgan fingerprint density at radius 2 is 1.87 bits per heavy atom. The number of carbonyl (C=O) groups excluding carboxylic acids is 2. The van der Waals surface area contributed by atoms with Crippen molar-refractivity contribution in [2.45, 2.75) is 29.8 Å². The van der Waals surface area contributed by atoms with Crippen LogP contribution in [0.3, 0.4) is 0 Å². The van der Waals surface area contributed by atoms with Crippen LogP contribution in [0.4, 0.5) is 22.0 Å². The standard InChI is InChI=1S/C29H29N5O3S/c1-37-29(36)33-21-10-12-25(38)23(17-21)24-8-5-15-34(24)28(35)26(18-6-3-2-4-7-18)32-20-9-11-22-19(16-20)13-14-31-27(22)30/h2-4,6-7,9-14,16-17,24,26,32,38H,5,8,15H2,1H3,(H2,30,31)(H,33,36)/t24-,26-/m1/s1. The van der Waals surface area contributed by atoms with E-state index in [9.17, 15) is 9.59 Å². The molecule has 1 fully saturated rings. The van der Waals surface area contributed by atoms with Crippen LogP contribution in [0, 0.1) is 0 Å². The second-order valence-electron chi connectivity index (χ2n) is 9.20. The monoisotopic (exact) mass is 527 g/mol. The number of pyridine rings is 1. The van der Waals surface area contributed by atoms with Gasteiger partial charge in [0.15, 0.2) is 0 Å². The summed E-state index contributed by atoms with van der Waals surface area (Å²) in [5.41, 5.74) is 9.17. The number of nitrogen functional groups attached to an aromatic ring is 1. The second kappa shape index (κ2) is 11.0. The molecule has 1 aliphatic rings. The molecule has 4 aromatic rings. The van der Waals surface area contributed by atoms with Gasteiger partial charge < -0.3 is 20.7 Å². The van der Waals surface area contributed by atoms with Gasteiger partial charge in [0.25, 0.3) is 0 Å². The topological polar surface area (TPSA) is 110 Å². The van der Waals surface area contributed by atoms with Crippen molar-refractivity contribution in [2.24, 2.45) is 0 Å². The van der Waals surface area contributed by atoms with Crippen LogP contribution in [0.15, 0.2) is 83.9 Å². The van der Waals surface area contributed by atoms with E-state index in [1.807, 2.05) is 71.6 Å². The maximum atomic E-state index is 14.2. The molecule has 1 saturated heterocycles. The zero-order valence-corrected chi connectivity index (χ0v) is 21.8. The van der Waals surface area contributed by atoms with Crippen molar-refractivity contribution in [3.8, 4) is 0 Å². The predicted molar refractivity (Wildman–Crippen MR) is 152 cm³/mol. The van der Waals surface area contributed by atoms with E-state index < -0.39 is 12.1 Å². The van der Waals surface area contributed by atoms with E-state index >= 15 is 0 Å². The molecule has 9 heteroatoms. The number of aromatic nitrogens is 1. The average molecular weight is 528 g/mol. The fourth-order valence-electron chi connectivity index (χ4n) is 4.98. The van der Waals surface area contributed by atoms with E-state index in [-0.39, 0.29) is 11.9 Å². The molecule has 2 amide bonds. The van der Waals surface area contributed by atoms with Gasteiger partial charge in [0, 0.05) is 34.4 Å². The minimum Gasteiger partial charge on any atom is -0.453 e. The Labute approximate surface area is 226 Å². The summed E-state index contributed by atoms with van der Waals surface area (Å²) in [7, 11) is 1.32. The molecule has 2 heterocycles. The number of nitrogens with zero attached hydrogens (tertiary/aromatic N) is 2. The Bertz CT molecular complexity index is 1480. The number of amides is 2. The zero-order valence-electron chi connectivity index (χ0n) is 20.9. The van der Waals surface area contributed by atoms with Crippen molar-refractivity contribution < 1.29 is 14.3 Å². The Balaban J connectivity index is 1.47. The highest BCUT2D eigenvalue weighted by atomic mass is 32.1. The molecular weight excluding hydrogens is 498 g/mol. The number of fused-ring (bicyclic) bond motifs is 1. The lowest BCUT2D eigenvalue weighted by molar-refractivity contribution is -0.133. The number of carbonyl (C=O) groups is 2. The second-order valence-corrected chi connectivity index (χ2v) is 9.68. The smallest absolute Gasteiger partial charge is 0.411 e. The summed E-state index contributed by atoms with van der Waals surface area (Å²) >= 11 is 4.67. The van der Waals surface area contributed by atoms with Gasteiger partial charge in [-0.2, -0.15) is 0 Å². The third-order valence-electron chi connectivity index (χ3n) is 6.84. The molecule has 2 atom stereocenters. The number of nitrogens with one attached hydrogen (secondary N) is 2. The largest absolute Gasteiger partial charge is 0.453 e. The number of thiol groups is 1. The Morgan fingerprint density at radius 3 is 2.66 bits per heavy atom. The number of likely N-dealkylation sites (tertiary alicyclic amines) is 1. The van der Waals surface area contributed by atoms with E-state index in [0.717, 1.165) is 45.3 Å². The molecule has 1 aromatic heterocycles. The van der Waals surface area contributed by atoms with Crippen molar-refractivity contribution in [3.05, 3.63) is 90.1 Å². The SMILES string of the molecule is COC(=O)Nc1ccc(S)c([C@H]2CCCN2C(=O)[C@H](Nc2ccc3c(N)nccc3c2)c2ccccc2)c1. The quantitative estimate of drug-likeness (QED) is 0.236. The molecular formula is C29H29N5O3S. The lowest BCUT2D eigenvalue weighted by atomic mass is 10.0. The lowest BCUT2D eigenvalue weighted by Gasteiger charge is -2.31. The highest BCUT2D eigenvalue weighted by Crippen LogP contribution is 2.39. The maximum absolute atomic E-state index is 14.2. The molecule has 194 valence electrons. The summed E-state index contributed by atoms with van der Waals surface area (Å²) in [4.78, 5) is 32.8. The van der Waals surface area contributed by atoms with Crippen LogP contribution in [0.25, 0.3) is 10.8 Å². The third-order valence-corrected chi connectivity index (χ3v) is 7.25. The molecule has 0 bridgehead atoms. The van der Waals surface area contributed by atoms with Crippen LogP contribution < -0.4 is 16.4 Å². The molecule has 0 saturated carbocycles. The van der Waals surface area contributed by atoms with E-state index in [1.54, 1.807) is 12.3 Å². The van der Waals surface area contributed by atoms with Crippen molar-refractivity contribution in [2.75, 3.05) is 30.0 Å². The lowest BCUT2D eigenvalue weighted by Crippen LogP contribution is -2.37. The molecule has 0 radical (unpaired) electrons. The van der Waals surface area contributed by atoms with Crippen molar-refractivity contribution in [1.82, 2.24) is 9.88 Å². The average Bonchev–Trinajstić information content (AvgIpc) is 3.43. The number of nitrogens with two attached hydrogens (primary N) is 1. The van der Waals surface area contributed by atoms with Gasteiger partial charge in [-0.05, 0) is 71.8 Å². The van der Waals surface area contributed by atoms with Crippen LogP contribution in [-0.4, -0.2) is 35.5 Å². The van der Waals surface area contributed by atoms with Crippen molar-refractivity contribution >= 4 is 52.6 Å². The molecule has 0 unspecified atom stereocenters. The summed E-state index contributed by atoms with van der Waals surface area (Å²) in [6, 6.07) is 22.1. The van der Waals surface area contributed by atoms with Crippen LogP contribution in [0.1, 0.15) is 36.1 Å². The molecule has 5 rings (SSSR count). The van der Waals surface area contributed by atoms with Gasteiger partial charge in [-0.1, -0.05) is 30.3 Å². The first-order valence-corrected chi connectivity index (χ1v) is 12.8. The number of benzene rings is 3. The summed E-state index contributed by atoms with van der Waals surface area (Å²) in [5.74, 6) is 0.434. The molecule has 38 heavy (non-hydrogen) atoms. The van der Waals surface area contributed by atoms with Crippen LogP contribution in [-0.2, 0) is 9.53 Å². The molecule has 4 N–H and O–H groups in total. The minimum absolute atomic E-state index is 0.0351. The molecule has 1 aliphatic heterocycles. The van der Waals surface area contributed by atoms with Gasteiger partial charge in [0.2, 0.25) is 5.91 Å². The first-order valence-electron chi connectivity index (χ1n) is 12.4. The number of ether oxygens (including phenoxy) is 1. The number of hydrogen-bond donors (Lipinski definition) is 4. The van der Waals surface area contributed by atoms with Crippen LogP contribution in [0.2, 0.25) is 0 Å². The van der Waals surface area contributed by atoms with Gasteiger partial charge in [0.05, 0.1) is 13.2 Å². The van der Waals surface area contributed by atoms with Gasteiger partial charge >= 0.3 is 6.09 Å². The summed E-state index contributed by atoms with van der Waals surface area (Å²) in [5, 5.41) is 7.98. The zero-order chi connectivity index (χ0) is 26.6. The Morgan fingerprint density at radius 1 is 1.08 bits per heavy atom. The molecule has 3 aromatic carbocycles. The number of methoxy groups -OCH3 is 1. The van der Waals surface area contributed by atoms with E-state index in [0.29, 0.717) is 18.1 Å². The van der Waals surface area contributed by atoms with Gasteiger partial charge in [-0.15, -0.1) is 12.6 Å². The molecule has 8 nitrogen and oxygen atoms in total. The van der Waals surface area contributed by atoms with Gasteiger partial charge in [0.1, 0.15) is 11.9 Å². The summed E-state index contributed by atoms with van der Waals surface area (Å²) in [6.07, 6.45) is 2.78. The highest BCUT2D eigenvalue weighted by molar-refractivity contribution is 7.80. The van der Waals surface area contributed by atoms with Crippen LogP contribution >= 0.6 is 12.6 Å². The van der Waals surface area contributed by atoms with E-state index in [4.69, 9.17) is 10.5 Å². The number of hydrogen-bond acceptors (Lipinski definition) is 7. The normalized spacial score (nSPS) is 15.7. The summed E-state index contributed by atoms with van der Waals surface area (Å²) < 4.78 is 4.73. The first kappa shape index (κ1) is 25.4. The van der Waals surface area contributed by atoms with E-state index in [1.165, 1.54) is 7.11 Å². The Hall–Kier alpha value is -4.24. The minimum atomic E-state index is -0.604. The van der Waals surface area contributed by atoms with Crippen LogP contribution in [0.5, 0.6) is 0 Å².